The molecule has 2 aromatic rings. The van der Waals surface area contributed by atoms with Crippen molar-refractivity contribution < 1.29 is 14.6 Å². The minimum atomic E-state index is -0.965. The molecule has 1 aromatic carbocycles. The molecule has 2 rings (SSSR count). The van der Waals surface area contributed by atoms with Gasteiger partial charge in [0.1, 0.15) is 5.75 Å². The van der Waals surface area contributed by atoms with E-state index < -0.39 is 5.97 Å². The molecule has 1 N–H and O–H groups in total. The van der Waals surface area contributed by atoms with Gasteiger partial charge in [0.25, 0.3) is 0 Å². The van der Waals surface area contributed by atoms with Gasteiger partial charge < -0.3 is 9.84 Å². The van der Waals surface area contributed by atoms with Gasteiger partial charge >= 0.3 is 11.7 Å². The van der Waals surface area contributed by atoms with Crippen LogP contribution in [0.3, 0.4) is 0 Å². The van der Waals surface area contributed by atoms with Crippen LogP contribution in [-0.2, 0) is 6.54 Å². The van der Waals surface area contributed by atoms with Gasteiger partial charge in [-0.25, -0.2) is 14.6 Å². The van der Waals surface area contributed by atoms with Crippen LogP contribution in [0.2, 0.25) is 0 Å². The largest absolute Gasteiger partial charge is 0.494 e. The van der Waals surface area contributed by atoms with Gasteiger partial charge in [0.2, 0.25) is 0 Å². The number of aromatic nitrogens is 2. The predicted molar refractivity (Wildman–Crippen MR) is 72.0 cm³/mol. The predicted octanol–water partition coefficient (Wildman–Crippen LogP) is 1.41. The van der Waals surface area contributed by atoms with Gasteiger partial charge in [0, 0.05) is 18.9 Å². The van der Waals surface area contributed by atoms with Crippen LogP contribution in [-0.4, -0.2) is 27.2 Å². The summed E-state index contributed by atoms with van der Waals surface area (Å²) in [5.41, 5.74) is -0.0578. The Morgan fingerprint density at radius 1 is 1.30 bits per heavy atom. The molecule has 0 amide bonds. The Labute approximate surface area is 115 Å². The van der Waals surface area contributed by atoms with Crippen molar-refractivity contribution in [1.29, 1.82) is 0 Å². The molecule has 6 nitrogen and oxygen atoms in total. The average molecular weight is 274 g/mol. The highest BCUT2D eigenvalue weighted by molar-refractivity contribution is 5.87. The summed E-state index contributed by atoms with van der Waals surface area (Å²) in [5.74, 6) is -0.360. The molecule has 0 unspecified atom stereocenters. The Balaban J connectivity index is 1.80. The molecule has 0 aliphatic rings. The van der Waals surface area contributed by atoms with E-state index in [0.717, 1.165) is 0 Å². The van der Waals surface area contributed by atoms with Gasteiger partial charge in [-0.1, -0.05) is 0 Å². The maximum atomic E-state index is 11.3. The first-order valence-electron chi connectivity index (χ1n) is 6.14. The van der Waals surface area contributed by atoms with E-state index in [4.69, 9.17) is 9.84 Å². The fourth-order valence-corrected chi connectivity index (χ4v) is 1.68. The normalized spacial score (nSPS) is 10.2. The molecule has 0 atom stereocenters. The van der Waals surface area contributed by atoms with Crippen LogP contribution in [0, 0.1) is 0 Å². The molecule has 0 aliphatic carbocycles. The van der Waals surface area contributed by atoms with E-state index in [1.165, 1.54) is 22.9 Å². The van der Waals surface area contributed by atoms with Crippen LogP contribution < -0.4 is 10.4 Å². The standard InChI is InChI=1S/C14H14N2O4/c17-13(18)11-3-5-12(6-4-11)20-10-2-9-16-8-1-7-15-14(16)19/h1,3-8H,2,9-10H2,(H,17,18). The zero-order chi connectivity index (χ0) is 14.4. The van der Waals surface area contributed by atoms with Crippen LogP contribution in [0.5, 0.6) is 5.75 Å². The number of carboxylic acid groups (broad SMARTS) is 1. The Kier molecular flexibility index (Phi) is 4.49. The summed E-state index contributed by atoms with van der Waals surface area (Å²) in [5, 5.41) is 8.76. The van der Waals surface area contributed by atoms with E-state index in [1.54, 1.807) is 24.4 Å². The van der Waals surface area contributed by atoms with Gasteiger partial charge in [-0.15, -0.1) is 0 Å². The van der Waals surface area contributed by atoms with Crippen molar-refractivity contribution in [2.24, 2.45) is 0 Å². The van der Waals surface area contributed by atoms with Crippen molar-refractivity contribution in [2.75, 3.05) is 6.61 Å². The van der Waals surface area contributed by atoms with Gasteiger partial charge in [-0.05, 0) is 36.8 Å². The highest BCUT2D eigenvalue weighted by atomic mass is 16.5. The summed E-state index contributed by atoms with van der Waals surface area (Å²) in [6.07, 6.45) is 3.79. The summed E-state index contributed by atoms with van der Waals surface area (Å²) >= 11 is 0. The molecule has 20 heavy (non-hydrogen) atoms. The number of carbonyl (C=O) groups is 1. The summed E-state index contributed by atoms with van der Waals surface area (Å²) in [6, 6.07) is 7.90. The number of hydrogen-bond donors (Lipinski definition) is 1. The maximum Gasteiger partial charge on any atom is 0.347 e. The van der Waals surface area contributed by atoms with E-state index in [-0.39, 0.29) is 11.3 Å². The van der Waals surface area contributed by atoms with E-state index in [0.29, 0.717) is 25.3 Å². The summed E-state index contributed by atoms with van der Waals surface area (Å²) in [7, 11) is 0. The second-order valence-electron chi connectivity index (χ2n) is 4.13. The van der Waals surface area contributed by atoms with Gasteiger partial charge in [0.05, 0.1) is 12.2 Å². The quantitative estimate of drug-likeness (QED) is 0.805. The third-order valence-corrected chi connectivity index (χ3v) is 2.70. The molecule has 1 heterocycles. The molecule has 0 saturated carbocycles. The lowest BCUT2D eigenvalue weighted by atomic mass is 10.2. The summed E-state index contributed by atoms with van der Waals surface area (Å²) in [6.45, 7) is 0.966. The van der Waals surface area contributed by atoms with Crippen molar-refractivity contribution in [1.82, 2.24) is 9.55 Å². The third-order valence-electron chi connectivity index (χ3n) is 2.70. The number of benzene rings is 1. The lowest BCUT2D eigenvalue weighted by Gasteiger charge is -2.07. The monoisotopic (exact) mass is 274 g/mol. The minimum Gasteiger partial charge on any atom is -0.494 e. The number of rotatable bonds is 6. The van der Waals surface area contributed by atoms with Crippen molar-refractivity contribution in [3.63, 3.8) is 0 Å². The van der Waals surface area contributed by atoms with Crippen LogP contribution in [0.4, 0.5) is 0 Å². The molecule has 0 spiro atoms. The first-order valence-corrected chi connectivity index (χ1v) is 6.14. The van der Waals surface area contributed by atoms with Crippen LogP contribution in [0.15, 0.2) is 47.5 Å². The van der Waals surface area contributed by atoms with Crippen molar-refractivity contribution in [3.8, 4) is 5.75 Å². The Bertz CT molecular complexity index is 634. The maximum absolute atomic E-state index is 11.3. The summed E-state index contributed by atoms with van der Waals surface area (Å²) < 4.78 is 6.98. The molecule has 0 fully saturated rings. The third kappa shape index (κ3) is 3.68. The Morgan fingerprint density at radius 3 is 2.70 bits per heavy atom. The average Bonchev–Trinajstić information content (AvgIpc) is 2.46. The van der Waals surface area contributed by atoms with E-state index in [2.05, 4.69) is 4.98 Å². The number of hydrogen-bond acceptors (Lipinski definition) is 4. The van der Waals surface area contributed by atoms with Crippen LogP contribution in [0.1, 0.15) is 16.8 Å². The molecule has 6 heteroatoms. The van der Waals surface area contributed by atoms with Gasteiger partial charge in [-0.2, -0.15) is 0 Å². The summed E-state index contributed by atoms with van der Waals surface area (Å²) in [4.78, 5) is 25.7. The Hall–Kier alpha value is -2.63. The lowest BCUT2D eigenvalue weighted by Crippen LogP contribution is -2.22. The molecule has 1 aromatic heterocycles. The first-order chi connectivity index (χ1) is 9.66. The highest BCUT2D eigenvalue weighted by Gasteiger charge is 2.02. The van der Waals surface area contributed by atoms with Crippen LogP contribution >= 0.6 is 0 Å². The van der Waals surface area contributed by atoms with Gasteiger partial charge in [-0.3, -0.25) is 4.57 Å². The fraction of sp³-hybridized carbons (Fsp3) is 0.214. The molecule has 104 valence electrons. The highest BCUT2D eigenvalue weighted by Crippen LogP contribution is 2.12. The lowest BCUT2D eigenvalue weighted by molar-refractivity contribution is 0.0697. The second kappa shape index (κ2) is 6.51. The van der Waals surface area contributed by atoms with E-state index >= 15 is 0 Å². The molecule has 0 radical (unpaired) electrons. The van der Waals surface area contributed by atoms with Crippen molar-refractivity contribution in [2.45, 2.75) is 13.0 Å². The SMILES string of the molecule is O=C(O)c1ccc(OCCCn2cccnc2=O)cc1. The van der Waals surface area contributed by atoms with E-state index in [1.807, 2.05) is 0 Å². The molecular weight excluding hydrogens is 260 g/mol. The van der Waals surface area contributed by atoms with Crippen molar-refractivity contribution in [3.05, 3.63) is 58.8 Å². The van der Waals surface area contributed by atoms with Gasteiger partial charge in [0.15, 0.2) is 0 Å². The number of ether oxygens (including phenoxy) is 1. The molecule has 0 bridgehead atoms. The minimum absolute atomic E-state index is 0.222. The number of nitrogens with zero attached hydrogens (tertiary/aromatic N) is 2. The first kappa shape index (κ1) is 13.8. The van der Waals surface area contributed by atoms with Crippen molar-refractivity contribution >= 4 is 5.97 Å². The number of aromatic carboxylic acids is 1. The smallest absolute Gasteiger partial charge is 0.347 e. The fourth-order valence-electron chi connectivity index (χ4n) is 1.68. The molecule has 0 aliphatic heterocycles. The van der Waals surface area contributed by atoms with E-state index in [9.17, 15) is 9.59 Å². The second-order valence-corrected chi connectivity index (χ2v) is 4.13. The zero-order valence-corrected chi connectivity index (χ0v) is 10.7. The molecular formula is C14H14N2O4. The molecule has 0 saturated heterocycles. The Morgan fingerprint density at radius 2 is 2.05 bits per heavy atom. The number of aryl methyl sites for hydroxylation is 1. The number of carboxylic acids is 1. The zero-order valence-electron chi connectivity index (χ0n) is 10.7. The van der Waals surface area contributed by atoms with Crippen LogP contribution in [0.25, 0.3) is 0 Å². The topological polar surface area (TPSA) is 81.4 Å².